The lowest BCUT2D eigenvalue weighted by Crippen LogP contribution is -2.34. The Morgan fingerprint density at radius 3 is 2.67 bits per heavy atom. The van der Waals surface area contributed by atoms with Crippen LogP contribution in [0.2, 0.25) is 0 Å². The predicted octanol–water partition coefficient (Wildman–Crippen LogP) is 2.11. The molecule has 0 heterocycles. The van der Waals surface area contributed by atoms with Gasteiger partial charge in [0.25, 0.3) is 0 Å². The van der Waals surface area contributed by atoms with Crippen molar-refractivity contribution in [2.45, 2.75) is 45.4 Å². The SMILES string of the molecule is CCCOCCNC(=O)C1CCCCC1. The highest BCUT2D eigenvalue weighted by atomic mass is 16.5. The Bertz CT molecular complexity index is 176. The first-order valence-electron chi connectivity index (χ1n) is 6.20. The molecule has 1 amide bonds. The Morgan fingerprint density at radius 1 is 1.27 bits per heavy atom. The molecular formula is C12H23NO2. The fraction of sp³-hybridized carbons (Fsp3) is 0.917. The van der Waals surface area contributed by atoms with Gasteiger partial charge in [-0.2, -0.15) is 0 Å². The van der Waals surface area contributed by atoms with Crippen molar-refractivity contribution in [1.82, 2.24) is 5.32 Å². The van der Waals surface area contributed by atoms with E-state index in [1.54, 1.807) is 0 Å². The first-order valence-corrected chi connectivity index (χ1v) is 6.20. The van der Waals surface area contributed by atoms with Gasteiger partial charge in [0.2, 0.25) is 5.91 Å². The zero-order valence-electron chi connectivity index (χ0n) is 9.76. The van der Waals surface area contributed by atoms with Crippen LogP contribution in [0.1, 0.15) is 45.4 Å². The zero-order valence-corrected chi connectivity index (χ0v) is 9.76. The Morgan fingerprint density at radius 2 is 2.00 bits per heavy atom. The van der Waals surface area contributed by atoms with Gasteiger partial charge in [-0.25, -0.2) is 0 Å². The highest BCUT2D eigenvalue weighted by molar-refractivity contribution is 5.78. The summed E-state index contributed by atoms with van der Waals surface area (Å²) >= 11 is 0. The number of rotatable bonds is 6. The van der Waals surface area contributed by atoms with Gasteiger partial charge in [-0.3, -0.25) is 4.79 Å². The number of hydrogen-bond donors (Lipinski definition) is 1. The van der Waals surface area contributed by atoms with Crippen molar-refractivity contribution in [3.05, 3.63) is 0 Å². The Hall–Kier alpha value is -0.570. The smallest absolute Gasteiger partial charge is 0.223 e. The molecule has 0 radical (unpaired) electrons. The molecular weight excluding hydrogens is 190 g/mol. The molecule has 0 aromatic heterocycles. The molecule has 1 rings (SSSR count). The molecule has 15 heavy (non-hydrogen) atoms. The summed E-state index contributed by atoms with van der Waals surface area (Å²) in [7, 11) is 0. The van der Waals surface area contributed by atoms with Crippen LogP contribution in [0.25, 0.3) is 0 Å². The van der Waals surface area contributed by atoms with E-state index in [2.05, 4.69) is 12.2 Å². The quantitative estimate of drug-likeness (QED) is 0.686. The van der Waals surface area contributed by atoms with E-state index in [9.17, 15) is 4.79 Å². The van der Waals surface area contributed by atoms with Gasteiger partial charge >= 0.3 is 0 Å². The molecule has 0 aromatic carbocycles. The molecule has 0 bridgehead atoms. The summed E-state index contributed by atoms with van der Waals surface area (Å²) in [6, 6.07) is 0. The molecule has 88 valence electrons. The summed E-state index contributed by atoms with van der Waals surface area (Å²) in [5.74, 6) is 0.500. The third-order valence-electron chi connectivity index (χ3n) is 2.87. The van der Waals surface area contributed by atoms with E-state index >= 15 is 0 Å². The molecule has 0 atom stereocenters. The van der Waals surface area contributed by atoms with Gasteiger partial charge in [0.1, 0.15) is 0 Å². The summed E-state index contributed by atoms with van der Waals surface area (Å²) in [6.07, 6.45) is 6.90. The third kappa shape index (κ3) is 5.17. The maximum atomic E-state index is 11.7. The fourth-order valence-electron chi connectivity index (χ4n) is 2.00. The first-order chi connectivity index (χ1) is 7.34. The monoisotopic (exact) mass is 213 g/mol. The van der Waals surface area contributed by atoms with Crippen LogP contribution < -0.4 is 5.32 Å². The number of nitrogens with one attached hydrogen (secondary N) is 1. The van der Waals surface area contributed by atoms with Crippen molar-refractivity contribution in [2.75, 3.05) is 19.8 Å². The third-order valence-corrected chi connectivity index (χ3v) is 2.87. The average molecular weight is 213 g/mol. The summed E-state index contributed by atoms with van der Waals surface area (Å²) in [5.41, 5.74) is 0. The van der Waals surface area contributed by atoms with Crippen LogP contribution >= 0.6 is 0 Å². The molecule has 3 heteroatoms. The summed E-state index contributed by atoms with van der Waals surface area (Å²) in [5, 5.41) is 2.95. The van der Waals surface area contributed by atoms with Crippen LogP contribution in [0.5, 0.6) is 0 Å². The van der Waals surface area contributed by atoms with Gasteiger partial charge in [0.05, 0.1) is 6.61 Å². The molecule has 0 spiro atoms. The van der Waals surface area contributed by atoms with Crippen LogP contribution in [0.3, 0.4) is 0 Å². The van der Waals surface area contributed by atoms with E-state index in [0.717, 1.165) is 25.9 Å². The topological polar surface area (TPSA) is 38.3 Å². The van der Waals surface area contributed by atoms with E-state index in [4.69, 9.17) is 4.74 Å². The van der Waals surface area contributed by atoms with Crippen molar-refractivity contribution in [3.63, 3.8) is 0 Å². The lowest BCUT2D eigenvalue weighted by Gasteiger charge is -2.20. The largest absolute Gasteiger partial charge is 0.380 e. The second kappa shape index (κ2) is 7.69. The van der Waals surface area contributed by atoms with Crippen LogP contribution in [0, 0.1) is 5.92 Å². The van der Waals surface area contributed by atoms with Crippen molar-refractivity contribution in [3.8, 4) is 0 Å². The fourth-order valence-corrected chi connectivity index (χ4v) is 2.00. The molecule has 1 fully saturated rings. The minimum atomic E-state index is 0.231. The van der Waals surface area contributed by atoms with E-state index in [0.29, 0.717) is 13.2 Å². The molecule has 0 aliphatic heterocycles. The highest BCUT2D eigenvalue weighted by Crippen LogP contribution is 2.23. The van der Waals surface area contributed by atoms with Gasteiger partial charge in [-0.15, -0.1) is 0 Å². The summed E-state index contributed by atoms with van der Waals surface area (Å²) in [6.45, 7) is 4.18. The van der Waals surface area contributed by atoms with Gasteiger partial charge < -0.3 is 10.1 Å². The van der Waals surface area contributed by atoms with Crippen LogP contribution in [0.15, 0.2) is 0 Å². The molecule has 1 aliphatic rings. The second-order valence-corrected chi connectivity index (χ2v) is 4.24. The number of hydrogen-bond acceptors (Lipinski definition) is 2. The Kier molecular flexibility index (Phi) is 6.41. The van der Waals surface area contributed by atoms with Crippen molar-refractivity contribution in [1.29, 1.82) is 0 Å². The van der Waals surface area contributed by atoms with Crippen molar-refractivity contribution in [2.24, 2.45) is 5.92 Å². The Balaban J connectivity index is 2.02. The number of carbonyl (C=O) groups excluding carboxylic acids is 1. The van der Waals surface area contributed by atoms with Crippen LogP contribution in [-0.4, -0.2) is 25.7 Å². The minimum Gasteiger partial charge on any atom is -0.380 e. The second-order valence-electron chi connectivity index (χ2n) is 4.24. The Labute approximate surface area is 92.6 Å². The van der Waals surface area contributed by atoms with E-state index in [-0.39, 0.29) is 11.8 Å². The van der Waals surface area contributed by atoms with E-state index in [1.165, 1.54) is 19.3 Å². The summed E-state index contributed by atoms with van der Waals surface area (Å²) < 4.78 is 5.31. The van der Waals surface area contributed by atoms with E-state index < -0.39 is 0 Å². The predicted molar refractivity (Wildman–Crippen MR) is 60.7 cm³/mol. The average Bonchev–Trinajstić information content (AvgIpc) is 2.30. The normalized spacial score (nSPS) is 17.7. The zero-order chi connectivity index (χ0) is 10.9. The molecule has 1 N–H and O–H groups in total. The maximum Gasteiger partial charge on any atom is 0.223 e. The summed E-state index contributed by atoms with van der Waals surface area (Å²) in [4.78, 5) is 11.7. The van der Waals surface area contributed by atoms with Gasteiger partial charge in [-0.1, -0.05) is 26.2 Å². The van der Waals surface area contributed by atoms with Crippen LogP contribution in [0.4, 0.5) is 0 Å². The van der Waals surface area contributed by atoms with E-state index in [1.807, 2.05) is 0 Å². The molecule has 3 nitrogen and oxygen atoms in total. The highest BCUT2D eigenvalue weighted by Gasteiger charge is 2.20. The standard InChI is InChI=1S/C12H23NO2/c1-2-9-15-10-8-13-12(14)11-6-4-3-5-7-11/h11H,2-10H2,1H3,(H,13,14). The minimum absolute atomic E-state index is 0.231. The lowest BCUT2D eigenvalue weighted by atomic mass is 9.89. The lowest BCUT2D eigenvalue weighted by molar-refractivity contribution is -0.126. The molecule has 1 saturated carbocycles. The van der Waals surface area contributed by atoms with Crippen LogP contribution in [-0.2, 0) is 9.53 Å². The number of carbonyl (C=O) groups is 1. The molecule has 0 saturated heterocycles. The molecule has 1 aliphatic carbocycles. The maximum absolute atomic E-state index is 11.7. The molecule has 0 unspecified atom stereocenters. The number of ether oxygens (including phenoxy) is 1. The van der Waals surface area contributed by atoms with Crippen molar-refractivity contribution < 1.29 is 9.53 Å². The van der Waals surface area contributed by atoms with Gasteiger partial charge in [-0.05, 0) is 19.3 Å². The first kappa shape index (κ1) is 12.5. The molecule has 0 aromatic rings. The van der Waals surface area contributed by atoms with Gasteiger partial charge in [0.15, 0.2) is 0 Å². The van der Waals surface area contributed by atoms with Gasteiger partial charge in [0, 0.05) is 19.1 Å². The number of amides is 1. The van der Waals surface area contributed by atoms with Crippen molar-refractivity contribution >= 4 is 5.91 Å².